The molecule has 186 valence electrons. The molecule has 0 unspecified atom stereocenters. The number of carbonyl (C=O) groups is 2. The highest BCUT2D eigenvalue weighted by Crippen LogP contribution is 2.24. The highest BCUT2D eigenvalue weighted by atomic mass is 16.5. The van der Waals surface area contributed by atoms with Gasteiger partial charge in [0, 0.05) is 11.4 Å². The van der Waals surface area contributed by atoms with Gasteiger partial charge in [0.15, 0.2) is 0 Å². The fourth-order valence-corrected chi connectivity index (χ4v) is 3.85. The predicted molar refractivity (Wildman–Crippen MR) is 146 cm³/mol. The molecule has 0 aliphatic carbocycles. The Balaban J connectivity index is 1.30. The van der Waals surface area contributed by atoms with Gasteiger partial charge < -0.3 is 10.1 Å². The van der Waals surface area contributed by atoms with E-state index >= 15 is 0 Å². The average Bonchev–Trinajstić information content (AvgIpc) is 2.93. The van der Waals surface area contributed by atoms with Crippen LogP contribution in [0, 0.1) is 0 Å². The number of ether oxygens (including phenoxy) is 1. The lowest BCUT2D eigenvalue weighted by atomic mass is 9.91. The Morgan fingerprint density at radius 1 is 0.757 bits per heavy atom. The van der Waals surface area contributed by atoms with Crippen LogP contribution in [-0.4, -0.2) is 17.5 Å². The first-order valence-electron chi connectivity index (χ1n) is 12.1. The second kappa shape index (κ2) is 12.8. The molecule has 0 aromatic heterocycles. The number of rotatable bonds is 10. The van der Waals surface area contributed by atoms with Crippen LogP contribution in [-0.2, 0) is 16.2 Å². The molecule has 4 aromatic carbocycles. The van der Waals surface area contributed by atoms with E-state index in [-0.39, 0.29) is 18.2 Å². The SMILES string of the molecule is CC(CC(=O)Nc1ccc(OCc2ccccc2)cc1)=NNC(=O)C(c1ccccc1)c1ccccc1. The summed E-state index contributed by atoms with van der Waals surface area (Å²) >= 11 is 0. The molecule has 0 saturated heterocycles. The van der Waals surface area contributed by atoms with Crippen LogP contribution >= 0.6 is 0 Å². The van der Waals surface area contributed by atoms with Gasteiger partial charge in [0.25, 0.3) is 5.91 Å². The molecule has 0 radical (unpaired) electrons. The molecule has 0 atom stereocenters. The lowest BCUT2D eigenvalue weighted by Crippen LogP contribution is -2.27. The summed E-state index contributed by atoms with van der Waals surface area (Å²) in [5.74, 6) is -0.275. The summed E-state index contributed by atoms with van der Waals surface area (Å²) in [6, 6.07) is 36.2. The standard InChI is InChI=1S/C31H29N3O3/c1-23(33-34-31(36)30(25-13-7-3-8-14-25)26-15-9-4-10-16-26)21-29(35)32-27-17-19-28(20-18-27)37-22-24-11-5-2-6-12-24/h2-20,30H,21-22H2,1H3,(H,32,35)(H,34,36). The number of carbonyl (C=O) groups excluding carboxylic acids is 2. The summed E-state index contributed by atoms with van der Waals surface area (Å²) in [7, 11) is 0. The van der Waals surface area contributed by atoms with Gasteiger partial charge in [0.1, 0.15) is 12.4 Å². The Kier molecular flexibility index (Phi) is 8.81. The highest BCUT2D eigenvalue weighted by molar-refractivity contribution is 6.05. The molecule has 0 spiro atoms. The van der Waals surface area contributed by atoms with Crippen molar-refractivity contribution >= 4 is 23.2 Å². The van der Waals surface area contributed by atoms with Crippen LogP contribution in [0.2, 0.25) is 0 Å². The van der Waals surface area contributed by atoms with E-state index < -0.39 is 5.92 Å². The summed E-state index contributed by atoms with van der Waals surface area (Å²) in [6.45, 7) is 2.18. The maximum Gasteiger partial charge on any atom is 0.252 e. The van der Waals surface area contributed by atoms with Crippen LogP contribution in [0.25, 0.3) is 0 Å². The molecule has 37 heavy (non-hydrogen) atoms. The van der Waals surface area contributed by atoms with Gasteiger partial charge in [-0.25, -0.2) is 5.43 Å². The minimum atomic E-state index is -0.504. The maximum absolute atomic E-state index is 13.1. The first-order chi connectivity index (χ1) is 18.1. The van der Waals surface area contributed by atoms with Crippen molar-refractivity contribution in [3.8, 4) is 5.75 Å². The first-order valence-corrected chi connectivity index (χ1v) is 12.1. The van der Waals surface area contributed by atoms with E-state index in [1.165, 1.54) is 0 Å². The zero-order valence-corrected chi connectivity index (χ0v) is 20.6. The highest BCUT2D eigenvalue weighted by Gasteiger charge is 2.22. The van der Waals surface area contributed by atoms with Crippen molar-refractivity contribution in [3.63, 3.8) is 0 Å². The Labute approximate surface area is 217 Å². The molecule has 0 aliphatic rings. The molecule has 6 nitrogen and oxygen atoms in total. The summed E-state index contributed by atoms with van der Waals surface area (Å²) in [5.41, 5.74) is 6.61. The largest absolute Gasteiger partial charge is 0.489 e. The molecule has 0 heterocycles. The molecule has 2 amide bonds. The average molecular weight is 492 g/mol. The zero-order chi connectivity index (χ0) is 25.9. The molecular formula is C31H29N3O3. The second-order valence-corrected chi connectivity index (χ2v) is 8.60. The predicted octanol–water partition coefficient (Wildman–Crippen LogP) is 5.92. The van der Waals surface area contributed by atoms with Crippen molar-refractivity contribution < 1.29 is 14.3 Å². The number of nitrogens with one attached hydrogen (secondary N) is 2. The van der Waals surface area contributed by atoms with E-state index in [4.69, 9.17) is 4.74 Å². The van der Waals surface area contributed by atoms with Crippen LogP contribution in [0.15, 0.2) is 120 Å². The van der Waals surface area contributed by atoms with Gasteiger partial charge in [-0.2, -0.15) is 5.10 Å². The summed E-state index contributed by atoms with van der Waals surface area (Å²) in [5, 5.41) is 7.03. The van der Waals surface area contributed by atoms with Gasteiger partial charge in [-0.1, -0.05) is 91.0 Å². The first kappa shape index (κ1) is 25.4. The van der Waals surface area contributed by atoms with Gasteiger partial charge in [-0.15, -0.1) is 0 Å². The molecular weight excluding hydrogens is 462 g/mol. The van der Waals surface area contributed by atoms with Crippen molar-refractivity contribution in [1.82, 2.24) is 5.43 Å². The summed E-state index contributed by atoms with van der Waals surface area (Å²) in [6.07, 6.45) is 0.0495. The number of anilines is 1. The number of hydrazone groups is 1. The number of hydrogen-bond acceptors (Lipinski definition) is 4. The molecule has 4 aromatic rings. The molecule has 0 fully saturated rings. The fraction of sp³-hybridized carbons (Fsp3) is 0.129. The van der Waals surface area contributed by atoms with Crippen LogP contribution in [0.5, 0.6) is 5.75 Å². The van der Waals surface area contributed by atoms with Crippen molar-refractivity contribution in [3.05, 3.63) is 132 Å². The number of amides is 2. The molecule has 0 bridgehead atoms. The third-order valence-electron chi connectivity index (χ3n) is 5.69. The minimum Gasteiger partial charge on any atom is -0.489 e. The Hall–Kier alpha value is -4.71. The molecule has 4 rings (SSSR count). The van der Waals surface area contributed by atoms with Gasteiger partial charge in [0.05, 0.1) is 12.3 Å². The van der Waals surface area contributed by atoms with Crippen LogP contribution in [0.3, 0.4) is 0 Å². The Bertz CT molecular complexity index is 1280. The lowest BCUT2D eigenvalue weighted by molar-refractivity contribution is -0.121. The van der Waals surface area contributed by atoms with Gasteiger partial charge in [-0.3, -0.25) is 9.59 Å². The molecule has 0 saturated carbocycles. The van der Waals surface area contributed by atoms with Crippen LogP contribution in [0.1, 0.15) is 36.0 Å². The van der Waals surface area contributed by atoms with E-state index in [0.717, 1.165) is 16.7 Å². The van der Waals surface area contributed by atoms with Gasteiger partial charge in [0.2, 0.25) is 5.91 Å². The topological polar surface area (TPSA) is 79.8 Å². The zero-order valence-electron chi connectivity index (χ0n) is 20.6. The van der Waals surface area contributed by atoms with Crippen molar-refractivity contribution in [2.75, 3.05) is 5.32 Å². The van der Waals surface area contributed by atoms with Crippen LogP contribution < -0.4 is 15.5 Å². The minimum absolute atomic E-state index is 0.0495. The Morgan fingerprint density at radius 3 is 1.86 bits per heavy atom. The van der Waals surface area contributed by atoms with E-state index in [0.29, 0.717) is 23.8 Å². The quantitative estimate of drug-likeness (QED) is 0.214. The molecule has 2 N–H and O–H groups in total. The third kappa shape index (κ3) is 7.64. The van der Waals surface area contributed by atoms with E-state index in [2.05, 4.69) is 15.8 Å². The normalized spacial score (nSPS) is 11.1. The smallest absolute Gasteiger partial charge is 0.252 e. The van der Waals surface area contributed by atoms with E-state index in [1.54, 1.807) is 19.1 Å². The van der Waals surface area contributed by atoms with E-state index in [9.17, 15) is 9.59 Å². The van der Waals surface area contributed by atoms with Gasteiger partial charge >= 0.3 is 0 Å². The summed E-state index contributed by atoms with van der Waals surface area (Å²) in [4.78, 5) is 25.6. The number of benzene rings is 4. The lowest BCUT2D eigenvalue weighted by Gasteiger charge is -2.16. The third-order valence-corrected chi connectivity index (χ3v) is 5.69. The van der Waals surface area contributed by atoms with Crippen molar-refractivity contribution in [2.45, 2.75) is 25.9 Å². The van der Waals surface area contributed by atoms with E-state index in [1.807, 2.05) is 103 Å². The van der Waals surface area contributed by atoms with Gasteiger partial charge in [-0.05, 0) is 47.9 Å². The monoisotopic (exact) mass is 491 g/mol. The number of nitrogens with zero attached hydrogens (tertiary/aromatic N) is 1. The number of hydrogen-bond donors (Lipinski definition) is 2. The van der Waals surface area contributed by atoms with Crippen LogP contribution in [0.4, 0.5) is 5.69 Å². The molecule has 6 heteroatoms. The second-order valence-electron chi connectivity index (χ2n) is 8.60. The summed E-state index contributed by atoms with van der Waals surface area (Å²) < 4.78 is 5.78. The maximum atomic E-state index is 13.1. The van der Waals surface area contributed by atoms with Crippen molar-refractivity contribution in [2.24, 2.45) is 5.10 Å². The fourth-order valence-electron chi connectivity index (χ4n) is 3.85. The van der Waals surface area contributed by atoms with Crippen molar-refractivity contribution in [1.29, 1.82) is 0 Å². The Morgan fingerprint density at radius 2 is 1.30 bits per heavy atom. The molecule has 0 aliphatic heterocycles.